The first-order chi connectivity index (χ1) is 11.8. The van der Waals surface area contributed by atoms with Gasteiger partial charge in [-0.2, -0.15) is 13.2 Å². The van der Waals surface area contributed by atoms with Gasteiger partial charge in [-0.3, -0.25) is 4.79 Å². The Labute approximate surface area is 157 Å². The Morgan fingerprint density at radius 2 is 1.81 bits per heavy atom. The van der Waals surface area contributed by atoms with Crippen LogP contribution in [-0.4, -0.2) is 24.7 Å². The van der Waals surface area contributed by atoms with Crippen molar-refractivity contribution < 1.29 is 22.7 Å². The maximum absolute atomic E-state index is 12.6. The van der Waals surface area contributed by atoms with Gasteiger partial charge in [0, 0.05) is 12.0 Å². The second-order valence-electron chi connectivity index (χ2n) is 7.09. The van der Waals surface area contributed by atoms with E-state index in [9.17, 15) is 18.0 Å². The molecule has 2 fully saturated rings. The van der Waals surface area contributed by atoms with Crippen LogP contribution in [0.25, 0.3) is 0 Å². The molecule has 1 aromatic carbocycles. The summed E-state index contributed by atoms with van der Waals surface area (Å²) in [5, 5.41) is 2.75. The third-order valence-corrected chi connectivity index (χ3v) is 5.32. The lowest BCUT2D eigenvalue weighted by Gasteiger charge is -2.43. The molecule has 1 aromatic rings. The highest BCUT2D eigenvalue weighted by Gasteiger charge is 2.40. The molecule has 3 N–H and O–H groups in total. The number of alkyl halides is 3. The lowest BCUT2D eigenvalue weighted by Crippen LogP contribution is -2.48. The normalized spacial score (nSPS) is 28.0. The molecule has 4 nitrogen and oxygen atoms in total. The Kier molecular flexibility index (Phi) is 6.80. The predicted octanol–water partition coefficient (Wildman–Crippen LogP) is 4.14. The van der Waals surface area contributed by atoms with Gasteiger partial charge in [0.2, 0.25) is 5.91 Å². The molecule has 0 spiro atoms. The monoisotopic (exact) mass is 392 g/mol. The van der Waals surface area contributed by atoms with Crippen LogP contribution in [0.5, 0.6) is 5.75 Å². The minimum atomic E-state index is -4.42. The summed E-state index contributed by atoms with van der Waals surface area (Å²) in [6.07, 6.45) is 0.323. The second kappa shape index (κ2) is 8.48. The van der Waals surface area contributed by atoms with Crippen molar-refractivity contribution in [1.29, 1.82) is 0 Å². The number of hydrogen-bond donors (Lipinski definition) is 2. The van der Waals surface area contributed by atoms with Gasteiger partial charge in [-0.25, -0.2) is 0 Å². The molecule has 26 heavy (non-hydrogen) atoms. The summed E-state index contributed by atoms with van der Waals surface area (Å²) in [6, 6.07) is 6.37. The molecular formula is C18H24ClF3N2O2. The van der Waals surface area contributed by atoms with Crippen molar-refractivity contribution in [2.45, 2.75) is 44.3 Å². The molecule has 2 saturated carbocycles. The van der Waals surface area contributed by atoms with E-state index in [-0.39, 0.29) is 41.7 Å². The van der Waals surface area contributed by atoms with Crippen LogP contribution in [0, 0.1) is 17.8 Å². The molecule has 2 aliphatic carbocycles. The SMILES string of the molecule is Cl.NC1C2CCCC1CC(C(=O)Nc1ccccc1OCC(F)(F)F)C2. The van der Waals surface area contributed by atoms with Crippen molar-refractivity contribution in [2.75, 3.05) is 11.9 Å². The molecule has 2 unspecified atom stereocenters. The Bertz CT molecular complexity index is 613. The Hall–Kier alpha value is -1.47. The number of nitrogens with one attached hydrogen (secondary N) is 1. The fourth-order valence-corrected chi connectivity index (χ4v) is 4.09. The van der Waals surface area contributed by atoms with Gasteiger partial charge in [0.1, 0.15) is 5.75 Å². The summed E-state index contributed by atoms with van der Waals surface area (Å²) in [6.45, 7) is -1.39. The molecule has 8 heteroatoms. The molecule has 0 heterocycles. The van der Waals surface area contributed by atoms with E-state index in [0.717, 1.165) is 32.1 Å². The van der Waals surface area contributed by atoms with Crippen LogP contribution in [-0.2, 0) is 4.79 Å². The number of fused-ring (bicyclic) bond motifs is 2. The smallest absolute Gasteiger partial charge is 0.422 e. The molecule has 0 radical (unpaired) electrons. The van der Waals surface area contributed by atoms with Crippen LogP contribution in [0.1, 0.15) is 32.1 Å². The van der Waals surface area contributed by atoms with Gasteiger partial charge in [0.15, 0.2) is 6.61 Å². The number of hydrogen-bond acceptors (Lipinski definition) is 3. The molecule has 2 aliphatic rings. The fourth-order valence-electron chi connectivity index (χ4n) is 4.09. The number of para-hydroxylation sites is 2. The van der Waals surface area contributed by atoms with Crippen LogP contribution < -0.4 is 15.8 Å². The van der Waals surface area contributed by atoms with Gasteiger partial charge >= 0.3 is 6.18 Å². The predicted molar refractivity (Wildman–Crippen MR) is 95.4 cm³/mol. The van der Waals surface area contributed by atoms with Crippen LogP contribution >= 0.6 is 12.4 Å². The number of amides is 1. The lowest BCUT2D eigenvalue weighted by atomic mass is 9.65. The number of benzene rings is 1. The Morgan fingerprint density at radius 3 is 2.42 bits per heavy atom. The molecule has 3 rings (SSSR count). The van der Waals surface area contributed by atoms with Gasteiger partial charge in [0.05, 0.1) is 5.69 Å². The van der Waals surface area contributed by atoms with Crippen LogP contribution in [0.2, 0.25) is 0 Å². The van der Waals surface area contributed by atoms with E-state index in [1.165, 1.54) is 6.07 Å². The van der Waals surface area contributed by atoms with Crippen molar-refractivity contribution in [3.63, 3.8) is 0 Å². The van der Waals surface area contributed by atoms with E-state index in [2.05, 4.69) is 5.32 Å². The number of carbonyl (C=O) groups excluding carboxylic acids is 1. The van der Waals surface area contributed by atoms with Crippen molar-refractivity contribution in [3.05, 3.63) is 24.3 Å². The summed E-state index contributed by atoms with van der Waals surface area (Å²) in [5.41, 5.74) is 6.52. The molecular weight excluding hydrogens is 369 g/mol. The Morgan fingerprint density at radius 1 is 1.19 bits per heavy atom. The highest BCUT2D eigenvalue weighted by Crippen LogP contribution is 2.42. The zero-order valence-corrected chi connectivity index (χ0v) is 15.1. The third kappa shape index (κ3) is 5.04. The lowest BCUT2D eigenvalue weighted by molar-refractivity contribution is -0.153. The van der Waals surface area contributed by atoms with Crippen molar-refractivity contribution in [3.8, 4) is 5.75 Å². The summed E-state index contributed by atoms with van der Waals surface area (Å²) in [7, 11) is 0. The van der Waals surface area contributed by atoms with E-state index >= 15 is 0 Å². The first-order valence-corrected chi connectivity index (χ1v) is 8.68. The number of ether oxygens (including phenoxy) is 1. The maximum Gasteiger partial charge on any atom is 0.422 e. The van der Waals surface area contributed by atoms with Crippen LogP contribution in [0.15, 0.2) is 24.3 Å². The molecule has 0 saturated heterocycles. The average Bonchev–Trinajstić information content (AvgIpc) is 2.53. The standard InChI is InChI=1S/C18H23F3N2O2.ClH/c19-18(20,21)10-25-15-7-2-1-6-14(15)23-17(24)13-8-11-4-3-5-12(9-13)16(11)22;/h1-2,6-7,11-13,16H,3-5,8-10,22H2,(H,23,24);1H. The molecule has 1 amide bonds. The van der Waals surface area contributed by atoms with Gasteiger partial charge < -0.3 is 15.8 Å². The third-order valence-electron chi connectivity index (χ3n) is 5.32. The number of rotatable bonds is 4. The van der Waals surface area contributed by atoms with E-state index in [0.29, 0.717) is 11.8 Å². The van der Waals surface area contributed by atoms with Crippen molar-refractivity contribution >= 4 is 24.0 Å². The highest BCUT2D eigenvalue weighted by atomic mass is 35.5. The van der Waals surface area contributed by atoms with Crippen LogP contribution in [0.4, 0.5) is 18.9 Å². The van der Waals surface area contributed by atoms with E-state index in [4.69, 9.17) is 10.5 Å². The minimum Gasteiger partial charge on any atom is -0.482 e. The minimum absolute atomic E-state index is 0. The first-order valence-electron chi connectivity index (χ1n) is 8.68. The van der Waals surface area contributed by atoms with E-state index < -0.39 is 12.8 Å². The fraction of sp³-hybridized carbons (Fsp3) is 0.611. The van der Waals surface area contributed by atoms with Gasteiger partial charge in [-0.15, -0.1) is 12.4 Å². The Balaban J connectivity index is 0.00000243. The quantitative estimate of drug-likeness (QED) is 0.809. The summed E-state index contributed by atoms with van der Waals surface area (Å²) in [4.78, 5) is 12.6. The first kappa shape index (κ1) is 20.8. The molecule has 0 aliphatic heterocycles. The van der Waals surface area contributed by atoms with Crippen LogP contribution in [0.3, 0.4) is 0 Å². The number of halogens is 4. The highest BCUT2D eigenvalue weighted by molar-refractivity contribution is 5.94. The van der Waals surface area contributed by atoms with E-state index in [1.807, 2.05) is 0 Å². The van der Waals surface area contributed by atoms with Crippen molar-refractivity contribution in [2.24, 2.45) is 23.5 Å². The second-order valence-corrected chi connectivity index (χ2v) is 7.09. The van der Waals surface area contributed by atoms with Gasteiger partial charge in [-0.05, 0) is 49.7 Å². The summed E-state index contributed by atoms with van der Waals surface area (Å²) < 4.78 is 41.9. The van der Waals surface area contributed by atoms with Gasteiger partial charge in [-0.1, -0.05) is 18.6 Å². The maximum atomic E-state index is 12.6. The number of carbonyl (C=O) groups is 1. The summed E-state index contributed by atoms with van der Waals surface area (Å²) >= 11 is 0. The molecule has 2 atom stereocenters. The zero-order valence-electron chi connectivity index (χ0n) is 14.3. The zero-order chi connectivity index (χ0) is 18.0. The molecule has 2 bridgehead atoms. The van der Waals surface area contributed by atoms with Gasteiger partial charge in [0.25, 0.3) is 0 Å². The average molecular weight is 393 g/mol. The number of nitrogens with two attached hydrogens (primary N) is 1. The number of anilines is 1. The van der Waals surface area contributed by atoms with Crippen molar-refractivity contribution in [1.82, 2.24) is 0 Å². The largest absolute Gasteiger partial charge is 0.482 e. The topological polar surface area (TPSA) is 64.4 Å². The molecule has 146 valence electrons. The van der Waals surface area contributed by atoms with E-state index in [1.54, 1.807) is 18.2 Å². The molecule has 0 aromatic heterocycles. The summed E-state index contributed by atoms with van der Waals surface area (Å²) in [5.74, 6) is 0.443.